The highest BCUT2D eigenvalue weighted by atomic mass is 32.2. The summed E-state index contributed by atoms with van der Waals surface area (Å²) in [4.78, 5) is 22.9. The lowest BCUT2D eigenvalue weighted by molar-refractivity contribution is -0.134. The lowest BCUT2D eigenvalue weighted by atomic mass is 9.78. The normalized spacial score (nSPS) is 23.0. The van der Waals surface area contributed by atoms with E-state index in [-0.39, 0.29) is 5.91 Å². The highest BCUT2D eigenvalue weighted by molar-refractivity contribution is 7.99. The molecule has 1 aromatic carbocycles. The second-order valence-corrected chi connectivity index (χ2v) is 8.25. The Labute approximate surface area is 158 Å². The fourth-order valence-corrected chi connectivity index (χ4v) is 5.21. The largest absolute Gasteiger partial charge is 0.494 e. The van der Waals surface area contributed by atoms with Gasteiger partial charge < -0.3 is 14.6 Å². The number of likely N-dealkylation sites (tertiary alicyclic amines) is 1. The number of benzene rings is 1. The number of carbonyl (C=O) groups excluding carboxylic acids is 1. The molecule has 2 atom stereocenters. The summed E-state index contributed by atoms with van der Waals surface area (Å²) in [5.41, 5.74) is 1.87. The van der Waals surface area contributed by atoms with E-state index in [2.05, 4.69) is 14.9 Å². The van der Waals surface area contributed by atoms with E-state index in [4.69, 9.17) is 4.74 Å². The molecule has 1 saturated carbocycles. The van der Waals surface area contributed by atoms with E-state index in [0.29, 0.717) is 18.4 Å². The van der Waals surface area contributed by atoms with Crippen LogP contribution in [0.4, 0.5) is 0 Å². The van der Waals surface area contributed by atoms with Crippen molar-refractivity contribution in [2.24, 2.45) is 5.92 Å². The molecule has 0 spiro atoms. The number of aromatic amines is 1. The maximum atomic E-state index is 12.8. The van der Waals surface area contributed by atoms with Crippen molar-refractivity contribution < 1.29 is 9.53 Å². The monoisotopic (exact) mass is 373 g/mol. The van der Waals surface area contributed by atoms with Crippen molar-refractivity contribution in [1.29, 1.82) is 0 Å². The number of ether oxygens (including phenoxy) is 1. The number of nitrogens with zero attached hydrogens (tertiary/aromatic N) is 2. The van der Waals surface area contributed by atoms with Gasteiger partial charge in [0.15, 0.2) is 5.16 Å². The van der Waals surface area contributed by atoms with Gasteiger partial charge in [-0.15, -0.1) is 0 Å². The van der Waals surface area contributed by atoms with Crippen LogP contribution in [-0.4, -0.2) is 45.7 Å². The van der Waals surface area contributed by atoms with E-state index in [0.717, 1.165) is 40.8 Å². The van der Waals surface area contributed by atoms with E-state index < -0.39 is 0 Å². The van der Waals surface area contributed by atoms with Crippen LogP contribution in [-0.2, 0) is 4.79 Å². The molecule has 1 amide bonds. The predicted octanol–water partition coefficient (Wildman–Crippen LogP) is 4.23. The third-order valence-corrected chi connectivity index (χ3v) is 6.50. The molecule has 1 aliphatic carbocycles. The summed E-state index contributed by atoms with van der Waals surface area (Å²) >= 11 is 1.51. The zero-order chi connectivity index (χ0) is 17.9. The van der Waals surface area contributed by atoms with Crippen LogP contribution in [0.5, 0.6) is 5.75 Å². The fraction of sp³-hybridized carbons (Fsp3) is 0.600. The minimum atomic E-state index is 0.266. The number of nitrogens with one attached hydrogen (secondary N) is 1. The molecule has 26 heavy (non-hydrogen) atoms. The van der Waals surface area contributed by atoms with Crippen molar-refractivity contribution in [3.63, 3.8) is 0 Å². The van der Waals surface area contributed by atoms with E-state index in [9.17, 15) is 4.79 Å². The Kier molecular flexibility index (Phi) is 5.38. The number of imidazole rings is 1. The minimum Gasteiger partial charge on any atom is -0.494 e. The summed E-state index contributed by atoms with van der Waals surface area (Å²) in [7, 11) is 0. The van der Waals surface area contributed by atoms with Crippen molar-refractivity contribution in [2.45, 2.75) is 56.6 Å². The minimum absolute atomic E-state index is 0.266. The van der Waals surface area contributed by atoms with Gasteiger partial charge in [-0.25, -0.2) is 4.98 Å². The van der Waals surface area contributed by atoms with Gasteiger partial charge in [0.25, 0.3) is 0 Å². The number of fused-ring (bicyclic) bond motifs is 2. The van der Waals surface area contributed by atoms with Crippen LogP contribution in [0.3, 0.4) is 0 Å². The van der Waals surface area contributed by atoms with E-state index in [1.54, 1.807) is 0 Å². The van der Waals surface area contributed by atoms with Gasteiger partial charge in [0.05, 0.1) is 23.4 Å². The van der Waals surface area contributed by atoms with Crippen molar-refractivity contribution in [1.82, 2.24) is 14.9 Å². The molecule has 140 valence electrons. The van der Waals surface area contributed by atoms with Crippen LogP contribution in [0.15, 0.2) is 23.4 Å². The third-order valence-electron chi connectivity index (χ3n) is 5.64. The summed E-state index contributed by atoms with van der Waals surface area (Å²) in [6.07, 6.45) is 7.54. The van der Waals surface area contributed by atoms with Crippen LogP contribution < -0.4 is 4.74 Å². The smallest absolute Gasteiger partial charge is 0.233 e. The van der Waals surface area contributed by atoms with Crippen LogP contribution in [0, 0.1) is 5.92 Å². The van der Waals surface area contributed by atoms with Gasteiger partial charge in [-0.1, -0.05) is 24.6 Å². The summed E-state index contributed by atoms with van der Waals surface area (Å²) in [5, 5.41) is 0.805. The number of aromatic nitrogens is 2. The maximum absolute atomic E-state index is 12.8. The van der Waals surface area contributed by atoms with Crippen molar-refractivity contribution in [2.75, 3.05) is 18.9 Å². The maximum Gasteiger partial charge on any atom is 0.233 e. The van der Waals surface area contributed by atoms with E-state index in [1.165, 1.54) is 43.9 Å². The van der Waals surface area contributed by atoms with E-state index >= 15 is 0 Å². The van der Waals surface area contributed by atoms with Crippen molar-refractivity contribution in [3.05, 3.63) is 18.2 Å². The number of carbonyl (C=O) groups is 1. The molecule has 2 aliphatic rings. The first-order valence-electron chi connectivity index (χ1n) is 9.79. The van der Waals surface area contributed by atoms with Gasteiger partial charge in [0, 0.05) is 18.7 Å². The average Bonchev–Trinajstić information content (AvgIpc) is 3.08. The molecule has 2 fully saturated rings. The molecule has 5 nitrogen and oxygen atoms in total. The molecule has 2 heterocycles. The van der Waals surface area contributed by atoms with Crippen LogP contribution in [0.1, 0.15) is 45.4 Å². The molecule has 6 heteroatoms. The van der Waals surface area contributed by atoms with Gasteiger partial charge in [0.2, 0.25) is 5.91 Å². The Hall–Kier alpha value is -1.69. The van der Waals surface area contributed by atoms with Crippen molar-refractivity contribution in [3.8, 4) is 5.75 Å². The number of hydrogen-bond donors (Lipinski definition) is 1. The number of H-pyrrole nitrogens is 1. The first-order chi connectivity index (χ1) is 12.7. The zero-order valence-corrected chi connectivity index (χ0v) is 16.2. The second-order valence-electron chi connectivity index (χ2n) is 7.28. The van der Waals surface area contributed by atoms with E-state index in [1.807, 2.05) is 25.1 Å². The van der Waals surface area contributed by atoms with Gasteiger partial charge in [-0.2, -0.15) is 0 Å². The highest BCUT2D eigenvalue weighted by Gasteiger charge is 2.35. The number of thioether (sulfide) groups is 1. The fourth-order valence-electron chi connectivity index (χ4n) is 4.44. The molecule has 1 saturated heterocycles. The quantitative estimate of drug-likeness (QED) is 0.797. The standard InChI is InChI=1S/C20H27N3O2S/c1-2-25-15-9-10-16-17(12-15)22-20(21-16)26-13-19(24)23-11-5-7-14-6-3-4-8-18(14)23/h9-10,12,14,18H,2-8,11,13H2,1H3,(H,21,22)/t14-,18-/m0/s1. The lowest BCUT2D eigenvalue weighted by Crippen LogP contribution is -2.50. The zero-order valence-electron chi connectivity index (χ0n) is 15.4. The Balaban J connectivity index is 1.40. The summed E-state index contributed by atoms with van der Waals surface area (Å²) in [6.45, 7) is 3.55. The van der Waals surface area contributed by atoms with Crippen LogP contribution in [0.2, 0.25) is 0 Å². The highest BCUT2D eigenvalue weighted by Crippen LogP contribution is 2.35. The molecule has 1 N–H and O–H groups in total. The van der Waals surface area contributed by atoms with Crippen molar-refractivity contribution >= 4 is 28.7 Å². The van der Waals surface area contributed by atoms with Crippen LogP contribution >= 0.6 is 11.8 Å². The number of hydrogen-bond acceptors (Lipinski definition) is 4. The number of amides is 1. The molecule has 4 rings (SSSR count). The topological polar surface area (TPSA) is 58.2 Å². The molecular weight excluding hydrogens is 346 g/mol. The first-order valence-corrected chi connectivity index (χ1v) is 10.8. The molecule has 0 bridgehead atoms. The number of piperidine rings is 1. The Morgan fingerprint density at radius 3 is 3.04 bits per heavy atom. The van der Waals surface area contributed by atoms with Gasteiger partial charge in [-0.05, 0) is 50.7 Å². The second kappa shape index (κ2) is 7.91. The molecule has 0 unspecified atom stereocenters. The Bertz CT molecular complexity index is 774. The SMILES string of the molecule is CCOc1ccc2nc(SCC(=O)N3CCC[C@@H]4CCCC[C@@H]43)[nH]c2c1. The Morgan fingerprint density at radius 2 is 2.15 bits per heavy atom. The van der Waals surface area contributed by atoms with Gasteiger partial charge in [0.1, 0.15) is 5.75 Å². The Morgan fingerprint density at radius 1 is 1.31 bits per heavy atom. The molecule has 2 aromatic rings. The lowest BCUT2D eigenvalue weighted by Gasteiger charge is -2.44. The van der Waals surface area contributed by atoms with Gasteiger partial charge in [-0.3, -0.25) is 4.79 Å². The van der Waals surface area contributed by atoms with Crippen LogP contribution in [0.25, 0.3) is 11.0 Å². The number of rotatable bonds is 5. The third kappa shape index (κ3) is 3.70. The predicted molar refractivity (Wildman–Crippen MR) is 105 cm³/mol. The summed E-state index contributed by atoms with van der Waals surface area (Å²) < 4.78 is 5.54. The molecule has 0 radical (unpaired) electrons. The molecule has 1 aromatic heterocycles. The first kappa shape index (κ1) is 17.7. The molecule has 1 aliphatic heterocycles. The summed E-state index contributed by atoms with van der Waals surface area (Å²) in [5.74, 6) is 2.30. The summed E-state index contributed by atoms with van der Waals surface area (Å²) in [6, 6.07) is 6.34. The van der Waals surface area contributed by atoms with Gasteiger partial charge >= 0.3 is 0 Å². The average molecular weight is 374 g/mol. The molecular formula is C20H27N3O2S.